The molecule has 0 unspecified atom stereocenters. The van der Waals surface area contributed by atoms with Gasteiger partial charge in [0, 0.05) is 16.5 Å². The molecular weight excluding hydrogens is 256 g/mol. The van der Waals surface area contributed by atoms with Gasteiger partial charge in [-0.05, 0) is 30.5 Å². The number of hydrogen-bond acceptors (Lipinski definition) is 2. The zero-order valence-corrected chi connectivity index (χ0v) is 10.0. The van der Waals surface area contributed by atoms with Gasteiger partial charge in [0.2, 0.25) is 0 Å². The molecule has 2 nitrogen and oxygen atoms in total. The van der Waals surface area contributed by atoms with Crippen LogP contribution in [0.5, 0.6) is 0 Å². The van der Waals surface area contributed by atoms with Crippen molar-refractivity contribution in [2.45, 2.75) is 25.0 Å². The van der Waals surface area contributed by atoms with Crippen LogP contribution in [0.25, 0.3) is 0 Å². The number of hydrogen-bond donors (Lipinski definition) is 0. The van der Waals surface area contributed by atoms with Crippen molar-refractivity contribution in [2.24, 2.45) is 0 Å². The molecule has 1 aromatic carbocycles. The molecule has 1 spiro atoms. The van der Waals surface area contributed by atoms with Gasteiger partial charge in [-0.2, -0.15) is 0 Å². The fraction of sp³-hybridized carbons (Fsp3) is 0.500. The van der Waals surface area contributed by atoms with E-state index in [1.807, 2.05) is 0 Å². The van der Waals surface area contributed by atoms with Gasteiger partial charge in [0.05, 0.1) is 13.2 Å². The number of ether oxygens (including phenoxy) is 2. The van der Waals surface area contributed by atoms with Crippen LogP contribution in [0.3, 0.4) is 0 Å². The van der Waals surface area contributed by atoms with Gasteiger partial charge in [-0.3, -0.25) is 0 Å². The fourth-order valence-electron chi connectivity index (χ4n) is 2.52. The van der Waals surface area contributed by atoms with Crippen molar-refractivity contribution in [3.05, 3.63) is 33.8 Å². The minimum atomic E-state index is -0.433. The Morgan fingerprint density at radius 1 is 1.20 bits per heavy atom. The molecule has 0 N–H and O–H groups in total. The third-order valence-electron chi connectivity index (χ3n) is 3.19. The third kappa shape index (κ3) is 1.53. The Morgan fingerprint density at radius 2 is 2.00 bits per heavy atom. The molecule has 0 aromatic heterocycles. The predicted molar refractivity (Wildman–Crippen MR) is 60.7 cm³/mol. The van der Waals surface area contributed by atoms with E-state index in [-0.39, 0.29) is 0 Å². The number of fused-ring (bicyclic) bond motifs is 2. The predicted octanol–water partition coefficient (Wildman–Crippen LogP) is 2.99. The van der Waals surface area contributed by atoms with Crippen LogP contribution in [0.15, 0.2) is 22.7 Å². The highest BCUT2D eigenvalue weighted by Gasteiger charge is 2.41. The van der Waals surface area contributed by atoms with E-state index < -0.39 is 5.79 Å². The largest absolute Gasteiger partial charge is 0.343 e. The van der Waals surface area contributed by atoms with Crippen LogP contribution >= 0.6 is 15.9 Å². The van der Waals surface area contributed by atoms with Gasteiger partial charge in [0.15, 0.2) is 5.79 Å². The smallest absolute Gasteiger partial charge is 0.195 e. The number of halogens is 1. The molecule has 0 amide bonds. The lowest BCUT2D eigenvalue weighted by molar-refractivity contribution is -0.175. The number of aryl methyl sites for hydroxylation is 1. The van der Waals surface area contributed by atoms with E-state index in [1.54, 1.807) is 0 Å². The highest BCUT2D eigenvalue weighted by atomic mass is 79.9. The summed E-state index contributed by atoms with van der Waals surface area (Å²) in [5.74, 6) is -0.433. The molecule has 1 aromatic rings. The van der Waals surface area contributed by atoms with Crippen molar-refractivity contribution in [1.82, 2.24) is 0 Å². The molecule has 3 rings (SSSR count). The van der Waals surface area contributed by atoms with Gasteiger partial charge in [-0.15, -0.1) is 0 Å². The maximum Gasteiger partial charge on any atom is 0.195 e. The maximum atomic E-state index is 5.82. The second-order valence-corrected chi connectivity index (χ2v) is 5.02. The summed E-state index contributed by atoms with van der Waals surface area (Å²) in [5.41, 5.74) is 2.59. The number of benzene rings is 1. The first-order valence-electron chi connectivity index (χ1n) is 5.37. The monoisotopic (exact) mass is 268 g/mol. The van der Waals surface area contributed by atoms with Crippen molar-refractivity contribution in [3.8, 4) is 0 Å². The Balaban J connectivity index is 2.12. The van der Waals surface area contributed by atoms with E-state index in [0.717, 1.165) is 23.7 Å². The minimum Gasteiger partial charge on any atom is -0.343 e. The van der Waals surface area contributed by atoms with Crippen molar-refractivity contribution < 1.29 is 9.47 Å². The summed E-state index contributed by atoms with van der Waals surface area (Å²) in [6.45, 7) is 1.43. The van der Waals surface area contributed by atoms with E-state index >= 15 is 0 Å². The topological polar surface area (TPSA) is 18.5 Å². The van der Waals surface area contributed by atoms with Gasteiger partial charge in [-0.1, -0.05) is 22.0 Å². The van der Waals surface area contributed by atoms with Gasteiger partial charge in [0.25, 0.3) is 0 Å². The van der Waals surface area contributed by atoms with E-state index in [0.29, 0.717) is 13.2 Å². The summed E-state index contributed by atoms with van der Waals surface area (Å²) in [4.78, 5) is 0. The Hall–Kier alpha value is -0.380. The van der Waals surface area contributed by atoms with E-state index in [1.165, 1.54) is 11.1 Å². The SMILES string of the molecule is Brc1ccc2c(c1)C1(CCC2)OCCO1. The highest BCUT2D eigenvalue weighted by Crippen LogP contribution is 2.42. The molecular formula is C12H13BrO2. The summed E-state index contributed by atoms with van der Waals surface area (Å²) < 4.78 is 12.7. The molecule has 1 aliphatic heterocycles. The lowest BCUT2D eigenvalue weighted by Gasteiger charge is -2.33. The Kier molecular flexibility index (Phi) is 2.34. The van der Waals surface area contributed by atoms with Crippen LogP contribution in [-0.2, 0) is 21.7 Å². The molecule has 80 valence electrons. The van der Waals surface area contributed by atoms with Crippen molar-refractivity contribution in [1.29, 1.82) is 0 Å². The normalized spacial score (nSPS) is 23.0. The van der Waals surface area contributed by atoms with Crippen molar-refractivity contribution in [2.75, 3.05) is 13.2 Å². The quantitative estimate of drug-likeness (QED) is 0.720. The Bertz CT molecular complexity index is 383. The zero-order valence-electron chi connectivity index (χ0n) is 8.46. The van der Waals surface area contributed by atoms with Gasteiger partial charge >= 0.3 is 0 Å². The van der Waals surface area contributed by atoms with Gasteiger partial charge in [-0.25, -0.2) is 0 Å². The first-order chi connectivity index (χ1) is 7.30. The first kappa shape index (κ1) is 9.82. The average Bonchev–Trinajstić information content (AvgIpc) is 2.69. The molecule has 3 heteroatoms. The van der Waals surface area contributed by atoms with Crippen LogP contribution in [-0.4, -0.2) is 13.2 Å². The van der Waals surface area contributed by atoms with Crippen molar-refractivity contribution >= 4 is 15.9 Å². The number of rotatable bonds is 0. The van der Waals surface area contributed by atoms with Crippen LogP contribution in [0.1, 0.15) is 24.0 Å². The van der Waals surface area contributed by atoms with Gasteiger partial charge in [0.1, 0.15) is 0 Å². The zero-order chi connectivity index (χ0) is 10.3. The summed E-state index contributed by atoms with van der Waals surface area (Å²) in [5, 5.41) is 0. The summed E-state index contributed by atoms with van der Waals surface area (Å²) in [6.07, 6.45) is 3.27. The summed E-state index contributed by atoms with van der Waals surface area (Å²) in [7, 11) is 0. The van der Waals surface area contributed by atoms with Gasteiger partial charge < -0.3 is 9.47 Å². The molecule has 2 aliphatic rings. The van der Waals surface area contributed by atoms with E-state index in [2.05, 4.69) is 34.1 Å². The second-order valence-electron chi connectivity index (χ2n) is 4.10. The molecule has 0 radical (unpaired) electrons. The van der Waals surface area contributed by atoms with Crippen LogP contribution < -0.4 is 0 Å². The molecule has 1 fully saturated rings. The van der Waals surface area contributed by atoms with Crippen LogP contribution in [0.4, 0.5) is 0 Å². The molecule has 1 aliphatic carbocycles. The second kappa shape index (κ2) is 3.58. The van der Waals surface area contributed by atoms with Crippen molar-refractivity contribution in [3.63, 3.8) is 0 Å². The Morgan fingerprint density at radius 3 is 2.80 bits per heavy atom. The van der Waals surface area contributed by atoms with E-state index in [4.69, 9.17) is 9.47 Å². The molecule has 15 heavy (non-hydrogen) atoms. The minimum absolute atomic E-state index is 0.433. The molecule has 0 saturated carbocycles. The molecule has 0 atom stereocenters. The highest BCUT2D eigenvalue weighted by molar-refractivity contribution is 9.10. The van der Waals surface area contributed by atoms with E-state index in [9.17, 15) is 0 Å². The lowest BCUT2D eigenvalue weighted by atomic mass is 9.86. The lowest BCUT2D eigenvalue weighted by Crippen LogP contribution is -2.31. The standard InChI is InChI=1S/C12H13BrO2/c13-10-4-3-9-2-1-5-12(11(9)8-10)14-6-7-15-12/h3-4,8H,1-2,5-7H2. The average molecular weight is 269 g/mol. The fourth-order valence-corrected chi connectivity index (χ4v) is 2.88. The molecule has 0 bridgehead atoms. The third-order valence-corrected chi connectivity index (χ3v) is 3.68. The summed E-state index contributed by atoms with van der Waals surface area (Å²) >= 11 is 3.51. The first-order valence-corrected chi connectivity index (χ1v) is 6.16. The van der Waals surface area contributed by atoms with Crippen LogP contribution in [0, 0.1) is 0 Å². The maximum absolute atomic E-state index is 5.82. The van der Waals surface area contributed by atoms with Crippen LogP contribution in [0.2, 0.25) is 0 Å². The molecule has 1 heterocycles. The molecule has 1 saturated heterocycles. The summed E-state index contributed by atoms with van der Waals surface area (Å²) in [6, 6.07) is 6.40. The Labute approximate surface area is 97.7 Å².